The summed E-state index contributed by atoms with van der Waals surface area (Å²) in [5.74, 6) is -0.284. The number of ether oxygens (including phenoxy) is 1. The topological polar surface area (TPSA) is 72.5 Å². The quantitative estimate of drug-likeness (QED) is 0.774. The van der Waals surface area contributed by atoms with E-state index in [1.165, 1.54) is 0 Å². The molecule has 82 valence electrons. The Hall–Kier alpha value is -1.55. The average molecular weight is 209 g/mol. The standard InChI is InChI=1S/C11H15NO3/c1-7-4-3-5-8(10(7)15-2)6-9(12)11(13)14/h3-5,9H,6,12H2,1-2H3,(H,13,14). The second-order valence-corrected chi connectivity index (χ2v) is 3.42. The molecule has 1 unspecified atom stereocenters. The molecule has 0 saturated carbocycles. The van der Waals surface area contributed by atoms with Gasteiger partial charge >= 0.3 is 5.97 Å². The van der Waals surface area contributed by atoms with Gasteiger partial charge in [-0.1, -0.05) is 18.2 Å². The molecule has 4 heteroatoms. The molecule has 0 aliphatic heterocycles. The molecule has 0 fully saturated rings. The first-order chi connectivity index (χ1) is 7.06. The molecular formula is C11H15NO3. The van der Waals surface area contributed by atoms with Crippen molar-refractivity contribution in [2.45, 2.75) is 19.4 Å². The predicted molar refractivity (Wildman–Crippen MR) is 57.0 cm³/mol. The van der Waals surface area contributed by atoms with Gasteiger partial charge in [-0.15, -0.1) is 0 Å². The number of hydrogen-bond donors (Lipinski definition) is 2. The van der Waals surface area contributed by atoms with Crippen LogP contribution in [-0.4, -0.2) is 24.2 Å². The molecule has 15 heavy (non-hydrogen) atoms. The Morgan fingerprint density at radius 1 is 1.60 bits per heavy atom. The molecule has 0 aliphatic rings. The van der Waals surface area contributed by atoms with Gasteiger partial charge in [0, 0.05) is 6.42 Å². The van der Waals surface area contributed by atoms with Crippen LogP contribution in [0.2, 0.25) is 0 Å². The van der Waals surface area contributed by atoms with Crippen molar-refractivity contribution in [3.05, 3.63) is 29.3 Å². The van der Waals surface area contributed by atoms with E-state index in [2.05, 4.69) is 0 Å². The van der Waals surface area contributed by atoms with Crippen LogP contribution < -0.4 is 10.5 Å². The Morgan fingerprint density at radius 3 is 2.80 bits per heavy atom. The van der Waals surface area contributed by atoms with Crippen LogP contribution in [0, 0.1) is 6.92 Å². The lowest BCUT2D eigenvalue weighted by Crippen LogP contribution is -2.32. The maximum atomic E-state index is 10.6. The molecule has 0 aliphatic carbocycles. The van der Waals surface area contributed by atoms with E-state index < -0.39 is 12.0 Å². The summed E-state index contributed by atoms with van der Waals surface area (Å²) in [5.41, 5.74) is 7.27. The van der Waals surface area contributed by atoms with Crippen molar-refractivity contribution in [1.82, 2.24) is 0 Å². The maximum Gasteiger partial charge on any atom is 0.320 e. The number of aryl methyl sites for hydroxylation is 1. The van der Waals surface area contributed by atoms with Crippen LogP contribution in [0.3, 0.4) is 0 Å². The van der Waals surface area contributed by atoms with Gasteiger partial charge in [-0.05, 0) is 18.1 Å². The summed E-state index contributed by atoms with van der Waals surface area (Å²) in [6.45, 7) is 1.91. The third-order valence-electron chi connectivity index (χ3n) is 2.25. The molecule has 3 N–H and O–H groups in total. The third kappa shape index (κ3) is 2.70. The first kappa shape index (κ1) is 11.5. The minimum atomic E-state index is -1.00. The fourth-order valence-corrected chi connectivity index (χ4v) is 1.49. The lowest BCUT2D eigenvalue weighted by molar-refractivity contribution is -0.138. The second kappa shape index (κ2) is 4.79. The van der Waals surface area contributed by atoms with Gasteiger partial charge < -0.3 is 15.6 Å². The zero-order valence-corrected chi connectivity index (χ0v) is 8.86. The molecule has 0 amide bonds. The molecule has 0 saturated heterocycles. The van der Waals surface area contributed by atoms with Gasteiger partial charge in [0.05, 0.1) is 7.11 Å². The van der Waals surface area contributed by atoms with E-state index >= 15 is 0 Å². The van der Waals surface area contributed by atoms with E-state index in [0.717, 1.165) is 11.1 Å². The summed E-state index contributed by atoms with van der Waals surface area (Å²) in [4.78, 5) is 10.6. The van der Waals surface area contributed by atoms with E-state index in [0.29, 0.717) is 5.75 Å². The number of para-hydroxylation sites is 1. The predicted octanol–water partition coefficient (Wildman–Crippen LogP) is 0.958. The molecule has 0 aromatic heterocycles. The SMILES string of the molecule is COc1c(C)cccc1CC(N)C(=O)O. The van der Waals surface area contributed by atoms with E-state index in [9.17, 15) is 4.79 Å². The van der Waals surface area contributed by atoms with Crippen molar-refractivity contribution < 1.29 is 14.6 Å². The molecular weight excluding hydrogens is 194 g/mol. The first-order valence-electron chi connectivity index (χ1n) is 4.67. The van der Waals surface area contributed by atoms with Gasteiger partial charge in [0.15, 0.2) is 0 Å². The normalized spacial score (nSPS) is 12.2. The van der Waals surface area contributed by atoms with Crippen LogP contribution >= 0.6 is 0 Å². The van der Waals surface area contributed by atoms with E-state index in [4.69, 9.17) is 15.6 Å². The van der Waals surface area contributed by atoms with Crippen molar-refractivity contribution in [2.75, 3.05) is 7.11 Å². The average Bonchev–Trinajstić information content (AvgIpc) is 2.18. The Balaban J connectivity index is 2.94. The van der Waals surface area contributed by atoms with Gasteiger partial charge in [0.2, 0.25) is 0 Å². The zero-order valence-electron chi connectivity index (χ0n) is 8.86. The maximum absolute atomic E-state index is 10.6. The number of rotatable bonds is 4. The molecule has 1 rings (SSSR count). The van der Waals surface area contributed by atoms with Crippen molar-refractivity contribution >= 4 is 5.97 Å². The molecule has 0 spiro atoms. The van der Waals surface area contributed by atoms with Gasteiger partial charge in [-0.3, -0.25) is 4.79 Å². The Morgan fingerprint density at radius 2 is 2.27 bits per heavy atom. The van der Waals surface area contributed by atoms with Crippen LogP contribution in [0.1, 0.15) is 11.1 Å². The minimum Gasteiger partial charge on any atom is -0.496 e. The van der Waals surface area contributed by atoms with Crippen LogP contribution in [0.4, 0.5) is 0 Å². The molecule has 1 aromatic carbocycles. The van der Waals surface area contributed by atoms with Gasteiger partial charge in [0.1, 0.15) is 11.8 Å². The lowest BCUT2D eigenvalue weighted by atomic mass is 10.0. The van der Waals surface area contributed by atoms with Gasteiger partial charge in [-0.25, -0.2) is 0 Å². The van der Waals surface area contributed by atoms with E-state index in [-0.39, 0.29) is 6.42 Å². The summed E-state index contributed by atoms with van der Waals surface area (Å²) in [6, 6.07) is 4.71. The fraction of sp³-hybridized carbons (Fsp3) is 0.364. The van der Waals surface area contributed by atoms with E-state index in [1.807, 2.05) is 25.1 Å². The summed E-state index contributed by atoms with van der Waals surface area (Å²) in [5, 5.41) is 8.71. The number of nitrogens with two attached hydrogens (primary N) is 1. The highest BCUT2D eigenvalue weighted by molar-refractivity contribution is 5.73. The molecule has 0 radical (unpaired) electrons. The second-order valence-electron chi connectivity index (χ2n) is 3.42. The molecule has 0 bridgehead atoms. The Kier molecular flexibility index (Phi) is 3.68. The minimum absolute atomic E-state index is 0.278. The summed E-state index contributed by atoms with van der Waals surface area (Å²) in [6.07, 6.45) is 0.278. The largest absolute Gasteiger partial charge is 0.496 e. The smallest absolute Gasteiger partial charge is 0.320 e. The number of carboxylic acids is 1. The van der Waals surface area contributed by atoms with Gasteiger partial charge in [0.25, 0.3) is 0 Å². The summed E-state index contributed by atoms with van der Waals surface area (Å²) in [7, 11) is 1.57. The van der Waals surface area contributed by atoms with Crippen molar-refractivity contribution in [1.29, 1.82) is 0 Å². The lowest BCUT2D eigenvalue weighted by Gasteiger charge is -2.12. The fourth-order valence-electron chi connectivity index (χ4n) is 1.49. The number of aliphatic carboxylic acids is 1. The monoisotopic (exact) mass is 209 g/mol. The third-order valence-corrected chi connectivity index (χ3v) is 2.25. The van der Waals surface area contributed by atoms with Crippen LogP contribution in [0.15, 0.2) is 18.2 Å². The number of carboxylic acid groups (broad SMARTS) is 1. The highest BCUT2D eigenvalue weighted by atomic mass is 16.5. The molecule has 1 aromatic rings. The number of benzene rings is 1. The van der Waals surface area contributed by atoms with Crippen LogP contribution in [-0.2, 0) is 11.2 Å². The highest BCUT2D eigenvalue weighted by Crippen LogP contribution is 2.23. The molecule has 4 nitrogen and oxygen atoms in total. The molecule has 0 heterocycles. The zero-order chi connectivity index (χ0) is 11.4. The number of carbonyl (C=O) groups is 1. The van der Waals surface area contributed by atoms with Crippen LogP contribution in [0.5, 0.6) is 5.75 Å². The summed E-state index contributed by atoms with van der Waals surface area (Å²) >= 11 is 0. The molecule has 1 atom stereocenters. The first-order valence-corrected chi connectivity index (χ1v) is 4.67. The van der Waals surface area contributed by atoms with E-state index in [1.54, 1.807) is 7.11 Å². The van der Waals surface area contributed by atoms with Crippen molar-refractivity contribution in [3.8, 4) is 5.75 Å². The van der Waals surface area contributed by atoms with Crippen molar-refractivity contribution in [3.63, 3.8) is 0 Å². The van der Waals surface area contributed by atoms with Gasteiger partial charge in [-0.2, -0.15) is 0 Å². The number of methoxy groups -OCH3 is 1. The van der Waals surface area contributed by atoms with Crippen LogP contribution in [0.25, 0.3) is 0 Å². The summed E-state index contributed by atoms with van der Waals surface area (Å²) < 4.78 is 5.21. The highest BCUT2D eigenvalue weighted by Gasteiger charge is 2.15. The number of hydrogen-bond acceptors (Lipinski definition) is 3. The van der Waals surface area contributed by atoms with Crippen molar-refractivity contribution in [2.24, 2.45) is 5.73 Å². The Bertz CT molecular complexity index is 363. The Labute approximate surface area is 88.7 Å².